The summed E-state index contributed by atoms with van der Waals surface area (Å²) in [7, 11) is 0. The minimum Gasteiger partial charge on any atom is -0.0613 e. The second kappa shape index (κ2) is 10.3. The molecule has 0 aliphatic heterocycles. The zero-order valence-corrected chi connectivity index (χ0v) is 25.4. The molecule has 0 bridgehead atoms. The Hall–Kier alpha value is -2.78. The van der Waals surface area contributed by atoms with Gasteiger partial charge >= 0.3 is 0 Å². The van der Waals surface area contributed by atoms with Crippen molar-refractivity contribution >= 4 is 0 Å². The Morgan fingerprint density at radius 3 is 0.833 bits per heavy atom. The summed E-state index contributed by atoms with van der Waals surface area (Å²) in [6.07, 6.45) is 2.16. The fourth-order valence-corrected chi connectivity index (χ4v) is 6.40. The lowest BCUT2D eigenvalue weighted by Gasteiger charge is -2.25. The molecule has 0 heterocycles. The Balaban J connectivity index is 2.31. The molecule has 0 N–H and O–H groups in total. The zero-order valence-electron chi connectivity index (χ0n) is 25.4. The second-order valence-corrected chi connectivity index (χ2v) is 10.9. The molecule has 0 amide bonds. The second-order valence-electron chi connectivity index (χ2n) is 10.9. The van der Waals surface area contributed by atoms with Gasteiger partial charge in [0, 0.05) is 11.1 Å². The van der Waals surface area contributed by atoms with Gasteiger partial charge in [-0.15, -0.1) is 0 Å². The predicted molar refractivity (Wildman–Crippen MR) is 160 cm³/mol. The van der Waals surface area contributed by atoms with E-state index in [1.54, 1.807) is 0 Å². The molecule has 0 saturated heterocycles. The lowest BCUT2D eigenvalue weighted by Crippen LogP contribution is -2.07. The van der Waals surface area contributed by atoms with Crippen molar-refractivity contribution in [2.75, 3.05) is 0 Å². The van der Waals surface area contributed by atoms with Crippen LogP contribution in [0.4, 0.5) is 0 Å². The van der Waals surface area contributed by atoms with Crippen molar-refractivity contribution in [3.8, 4) is 23.0 Å². The topological polar surface area (TPSA) is 0 Å². The lowest BCUT2D eigenvalue weighted by atomic mass is 9.79. The highest BCUT2D eigenvalue weighted by atomic mass is 14.3. The summed E-state index contributed by atoms with van der Waals surface area (Å²) < 4.78 is 0. The zero-order chi connectivity index (χ0) is 27.2. The van der Waals surface area contributed by atoms with Crippen LogP contribution in [0.2, 0.25) is 0 Å². The van der Waals surface area contributed by atoms with Gasteiger partial charge in [0.2, 0.25) is 0 Å². The maximum Gasteiger partial charge on any atom is 0.0313 e. The molecular weight excluding hydrogens is 432 g/mol. The quantitative estimate of drug-likeness (QED) is 0.329. The molecule has 0 radical (unpaired) electrons. The monoisotopic (exact) mass is 478 g/mol. The van der Waals surface area contributed by atoms with E-state index in [1.807, 2.05) is 0 Å². The molecule has 0 saturated carbocycles. The van der Waals surface area contributed by atoms with E-state index in [2.05, 4.69) is 109 Å². The summed E-state index contributed by atoms with van der Waals surface area (Å²) in [4.78, 5) is 0. The predicted octanol–water partition coefficient (Wildman–Crippen LogP) is 9.58. The van der Waals surface area contributed by atoms with Crippen LogP contribution in [0.25, 0.3) is 11.1 Å². The molecule has 3 aromatic carbocycles. The number of benzene rings is 3. The fraction of sp³-hybridized carbons (Fsp3) is 0.444. The van der Waals surface area contributed by atoms with Crippen molar-refractivity contribution in [3.63, 3.8) is 0 Å². The molecule has 36 heavy (non-hydrogen) atoms. The van der Waals surface area contributed by atoms with Crippen LogP contribution in [0, 0.1) is 94.9 Å². The van der Waals surface area contributed by atoms with E-state index in [4.69, 9.17) is 0 Å². The van der Waals surface area contributed by atoms with E-state index in [0.717, 1.165) is 12.8 Å². The average Bonchev–Trinajstić information content (AvgIpc) is 2.85. The van der Waals surface area contributed by atoms with Gasteiger partial charge in [0.15, 0.2) is 0 Å². The van der Waals surface area contributed by atoms with Gasteiger partial charge in [-0.2, -0.15) is 0 Å². The first-order valence-electron chi connectivity index (χ1n) is 13.6. The van der Waals surface area contributed by atoms with Gasteiger partial charge in [0.05, 0.1) is 0 Å². The number of hydrogen-bond acceptors (Lipinski definition) is 0. The van der Waals surface area contributed by atoms with Gasteiger partial charge in [0.25, 0.3) is 0 Å². The Kier molecular flexibility index (Phi) is 7.95. The van der Waals surface area contributed by atoms with Crippen LogP contribution in [0.3, 0.4) is 0 Å². The number of rotatable bonds is 3. The normalized spacial score (nSPS) is 11.1. The van der Waals surface area contributed by atoms with Crippen LogP contribution in [0.1, 0.15) is 103 Å². The van der Waals surface area contributed by atoms with Crippen LogP contribution in [0.15, 0.2) is 0 Å². The van der Waals surface area contributed by atoms with Crippen LogP contribution < -0.4 is 0 Å². The molecule has 0 spiro atoms. The average molecular weight is 479 g/mol. The van der Waals surface area contributed by atoms with E-state index in [-0.39, 0.29) is 0 Å². The highest BCUT2D eigenvalue weighted by Crippen LogP contribution is 2.41. The van der Waals surface area contributed by atoms with Crippen molar-refractivity contribution in [1.29, 1.82) is 0 Å². The summed E-state index contributed by atoms with van der Waals surface area (Å²) in [6.45, 7) is 31.8. The van der Waals surface area contributed by atoms with E-state index in [1.165, 1.54) is 100 Å². The van der Waals surface area contributed by atoms with E-state index in [0.29, 0.717) is 0 Å². The van der Waals surface area contributed by atoms with Gasteiger partial charge in [0.1, 0.15) is 0 Å². The molecule has 0 aliphatic carbocycles. The minimum atomic E-state index is 1.07. The summed E-state index contributed by atoms with van der Waals surface area (Å²) in [5, 5.41) is 0. The molecule has 0 heteroatoms. The van der Waals surface area contributed by atoms with Gasteiger partial charge < -0.3 is 0 Å². The summed E-state index contributed by atoms with van der Waals surface area (Å²) in [5.74, 6) is 7.28. The minimum absolute atomic E-state index is 1.07. The maximum absolute atomic E-state index is 3.65. The van der Waals surface area contributed by atoms with Gasteiger partial charge in [-0.25, -0.2) is 0 Å². The van der Waals surface area contributed by atoms with Crippen molar-refractivity contribution in [2.24, 2.45) is 0 Å². The van der Waals surface area contributed by atoms with E-state index < -0.39 is 0 Å². The van der Waals surface area contributed by atoms with E-state index >= 15 is 0 Å². The van der Waals surface area contributed by atoms with Crippen LogP contribution >= 0.6 is 0 Å². The molecule has 0 unspecified atom stereocenters. The Bertz CT molecular complexity index is 1360. The van der Waals surface area contributed by atoms with Crippen molar-refractivity contribution in [1.82, 2.24) is 0 Å². The summed E-state index contributed by atoms with van der Waals surface area (Å²) in [5.41, 5.74) is 24.7. The van der Waals surface area contributed by atoms with Crippen LogP contribution in [-0.4, -0.2) is 0 Å². The number of hydrogen-bond donors (Lipinski definition) is 0. The highest BCUT2D eigenvalue weighted by molar-refractivity contribution is 5.82. The first-order chi connectivity index (χ1) is 16.8. The van der Waals surface area contributed by atoms with E-state index in [9.17, 15) is 0 Å². The van der Waals surface area contributed by atoms with Crippen molar-refractivity contribution in [2.45, 2.75) is 110 Å². The van der Waals surface area contributed by atoms with Crippen molar-refractivity contribution in [3.05, 3.63) is 89.0 Å². The lowest BCUT2D eigenvalue weighted by molar-refractivity contribution is 1.05. The molecular formula is C36H46. The van der Waals surface area contributed by atoms with Gasteiger partial charge in [-0.3, -0.25) is 0 Å². The first-order valence-corrected chi connectivity index (χ1v) is 13.6. The van der Waals surface area contributed by atoms with Crippen LogP contribution in [0.5, 0.6) is 0 Å². The summed E-state index contributed by atoms with van der Waals surface area (Å²) in [6, 6.07) is 0. The largest absolute Gasteiger partial charge is 0.0613 e. The summed E-state index contributed by atoms with van der Waals surface area (Å²) >= 11 is 0. The molecule has 0 aliphatic rings. The molecule has 3 rings (SSSR count). The first kappa shape index (κ1) is 27.8. The fourth-order valence-electron chi connectivity index (χ4n) is 6.40. The standard InChI is InChI=1S/C36H46/c1-15-31-19(3)21(5)33(22(6)20(31)4)17-18-34-25(9)29(13)36(30(14)26(34)10)35-27(11)23(7)32(16-2)24(8)28(35)12/h15-16H2,1-14H3. The SMILES string of the molecule is CCc1c(C)c(C)c(C#Cc2c(C)c(C)c(-c3c(C)c(C)c(CC)c(C)c3C)c(C)c2C)c(C)c1C. The Labute approximate surface area is 221 Å². The molecule has 0 atom stereocenters. The molecule has 3 aromatic rings. The van der Waals surface area contributed by atoms with Gasteiger partial charge in [-0.05, 0) is 185 Å². The van der Waals surface area contributed by atoms with Gasteiger partial charge in [-0.1, -0.05) is 25.7 Å². The Morgan fingerprint density at radius 2 is 0.556 bits per heavy atom. The smallest absolute Gasteiger partial charge is 0.0313 e. The maximum atomic E-state index is 3.65. The third-order valence-electron chi connectivity index (χ3n) is 9.46. The third-order valence-corrected chi connectivity index (χ3v) is 9.46. The molecule has 0 nitrogen and oxygen atoms in total. The third kappa shape index (κ3) is 4.22. The molecule has 190 valence electrons. The molecule has 0 fully saturated rings. The highest BCUT2D eigenvalue weighted by Gasteiger charge is 2.21. The van der Waals surface area contributed by atoms with Crippen LogP contribution in [-0.2, 0) is 12.8 Å². The molecule has 0 aromatic heterocycles. The Morgan fingerprint density at radius 1 is 0.333 bits per heavy atom. The van der Waals surface area contributed by atoms with Crippen molar-refractivity contribution < 1.29 is 0 Å².